The fourth-order valence-electron chi connectivity index (χ4n) is 3.07. The molecule has 1 aliphatic heterocycles. The number of methoxy groups -OCH3 is 2. The average molecular weight is 425 g/mol. The van der Waals surface area contributed by atoms with E-state index >= 15 is 0 Å². The lowest BCUT2D eigenvalue weighted by molar-refractivity contribution is 0.00281. The molecule has 0 bridgehead atoms. The van der Waals surface area contributed by atoms with Gasteiger partial charge in [0.05, 0.1) is 25.0 Å². The third-order valence-corrected chi connectivity index (χ3v) is 5.57. The van der Waals surface area contributed by atoms with Crippen molar-refractivity contribution in [1.29, 1.82) is 0 Å². The summed E-state index contributed by atoms with van der Waals surface area (Å²) in [6, 6.07) is 5.55. The zero-order valence-corrected chi connectivity index (χ0v) is 18.7. The summed E-state index contributed by atoms with van der Waals surface area (Å²) in [5, 5.41) is 13.5. The maximum atomic E-state index is 12.8. The van der Waals surface area contributed by atoms with Crippen molar-refractivity contribution in [2.75, 3.05) is 64.8 Å². The first-order chi connectivity index (χ1) is 13.7. The zero-order chi connectivity index (χ0) is 21.6. The summed E-state index contributed by atoms with van der Waals surface area (Å²) >= 11 is 5.46. The summed E-state index contributed by atoms with van der Waals surface area (Å²) in [4.78, 5) is 18.0. The van der Waals surface area contributed by atoms with Crippen LogP contribution >= 0.6 is 12.2 Å². The lowest BCUT2D eigenvalue weighted by Crippen LogP contribution is -2.51. The number of nitrogens with one attached hydrogen (secondary N) is 1. The van der Waals surface area contributed by atoms with E-state index in [2.05, 4.69) is 10.2 Å². The van der Waals surface area contributed by atoms with Crippen molar-refractivity contribution >= 4 is 34.7 Å². The molecular formula is C20H32N4O4S. The van der Waals surface area contributed by atoms with Crippen LogP contribution in [0, 0.1) is 0 Å². The number of hydrogen-bond donors (Lipinski definition) is 2. The maximum absolute atomic E-state index is 12.8. The monoisotopic (exact) mass is 424 g/mol. The van der Waals surface area contributed by atoms with Crippen LogP contribution in [0.1, 0.15) is 19.8 Å². The van der Waals surface area contributed by atoms with Crippen molar-refractivity contribution in [3.63, 3.8) is 0 Å². The van der Waals surface area contributed by atoms with E-state index in [-0.39, 0.29) is 11.1 Å². The largest absolute Gasteiger partial charge is 0.495 e. The van der Waals surface area contributed by atoms with E-state index in [9.17, 15) is 9.90 Å². The SMILES string of the molecule is COCCN(C)c1ccc(OC)c(NC(=S)N(C)C(=O)N2CCC(C)(O)CC2)c1. The van der Waals surface area contributed by atoms with E-state index in [1.54, 1.807) is 33.1 Å². The molecule has 0 atom stereocenters. The molecule has 0 radical (unpaired) electrons. The van der Waals surface area contributed by atoms with Gasteiger partial charge in [0.1, 0.15) is 5.75 Å². The fraction of sp³-hybridized carbons (Fsp3) is 0.600. The minimum atomic E-state index is -0.712. The topological polar surface area (TPSA) is 77.5 Å². The number of likely N-dealkylation sites (tertiary alicyclic amines) is 1. The number of nitrogens with zero attached hydrogens (tertiary/aromatic N) is 3. The van der Waals surface area contributed by atoms with Crippen LogP contribution < -0.4 is 15.0 Å². The Kier molecular flexibility index (Phi) is 8.06. The number of anilines is 2. The molecule has 0 saturated carbocycles. The Bertz CT molecular complexity index is 718. The number of benzene rings is 1. The van der Waals surface area contributed by atoms with Gasteiger partial charge in [0.2, 0.25) is 0 Å². The number of hydrogen-bond acceptors (Lipinski definition) is 6. The highest BCUT2D eigenvalue weighted by atomic mass is 32.1. The van der Waals surface area contributed by atoms with Crippen molar-refractivity contribution < 1.29 is 19.4 Å². The third kappa shape index (κ3) is 6.19. The summed E-state index contributed by atoms with van der Waals surface area (Å²) < 4.78 is 10.6. The van der Waals surface area contributed by atoms with Gasteiger partial charge >= 0.3 is 6.03 Å². The van der Waals surface area contributed by atoms with Crippen LogP contribution in [0.3, 0.4) is 0 Å². The fourth-order valence-corrected chi connectivity index (χ4v) is 3.25. The summed E-state index contributed by atoms with van der Waals surface area (Å²) in [6.07, 6.45) is 1.10. The highest BCUT2D eigenvalue weighted by Gasteiger charge is 2.31. The second-order valence-electron chi connectivity index (χ2n) is 7.55. The van der Waals surface area contributed by atoms with Crippen LogP contribution in [-0.4, -0.2) is 86.2 Å². The third-order valence-electron chi connectivity index (χ3n) is 5.20. The molecule has 1 heterocycles. The molecule has 2 N–H and O–H groups in total. The van der Waals surface area contributed by atoms with Gasteiger partial charge in [0.25, 0.3) is 0 Å². The van der Waals surface area contributed by atoms with Gasteiger partial charge in [-0.25, -0.2) is 4.79 Å². The van der Waals surface area contributed by atoms with E-state index in [0.717, 1.165) is 12.2 Å². The van der Waals surface area contributed by atoms with Crippen molar-refractivity contribution in [2.24, 2.45) is 0 Å². The van der Waals surface area contributed by atoms with Gasteiger partial charge in [-0.05, 0) is 50.2 Å². The van der Waals surface area contributed by atoms with Crippen LogP contribution in [0.15, 0.2) is 18.2 Å². The molecule has 2 rings (SSSR count). The van der Waals surface area contributed by atoms with Gasteiger partial charge in [0.15, 0.2) is 5.11 Å². The summed E-state index contributed by atoms with van der Waals surface area (Å²) in [5.74, 6) is 0.631. The van der Waals surface area contributed by atoms with Crippen molar-refractivity contribution in [2.45, 2.75) is 25.4 Å². The molecular weight excluding hydrogens is 392 g/mol. The zero-order valence-electron chi connectivity index (χ0n) is 17.9. The second-order valence-corrected chi connectivity index (χ2v) is 7.94. The van der Waals surface area contributed by atoms with Crippen molar-refractivity contribution in [3.8, 4) is 5.75 Å². The van der Waals surface area contributed by atoms with Crippen LogP contribution in [0.4, 0.5) is 16.2 Å². The summed E-state index contributed by atoms with van der Waals surface area (Å²) in [5.41, 5.74) is 0.942. The van der Waals surface area contributed by atoms with E-state index in [1.807, 2.05) is 25.2 Å². The van der Waals surface area contributed by atoms with Crippen LogP contribution in [0.2, 0.25) is 0 Å². The van der Waals surface area contributed by atoms with Crippen molar-refractivity contribution in [1.82, 2.24) is 9.80 Å². The van der Waals surface area contributed by atoms with Gasteiger partial charge in [0, 0.05) is 46.5 Å². The van der Waals surface area contributed by atoms with Gasteiger partial charge < -0.3 is 29.7 Å². The Morgan fingerprint density at radius 2 is 1.97 bits per heavy atom. The number of aliphatic hydroxyl groups is 1. The molecule has 9 heteroatoms. The minimum Gasteiger partial charge on any atom is -0.495 e. The number of urea groups is 1. The minimum absolute atomic E-state index is 0.190. The smallest absolute Gasteiger partial charge is 0.325 e. The molecule has 162 valence electrons. The predicted octanol–water partition coefficient (Wildman–Crippen LogP) is 2.37. The predicted molar refractivity (Wildman–Crippen MR) is 119 cm³/mol. The van der Waals surface area contributed by atoms with Gasteiger partial charge in [-0.3, -0.25) is 4.90 Å². The number of carbonyl (C=O) groups excluding carboxylic acids is 1. The number of ether oxygens (including phenoxy) is 2. The molecule has 1 aromatic rings. The summed E-state index contributed by atoms with van der Waals surface area (Å²) in [7, 11) is 6.88. The number of likely N-dealkylation sites (N-methyl/N-ethyl adjacent to an activating group) is 1. The highest BCUT2D eigenvalue weighted by Crippen LogP contribution is 2.30. The number of piperidine rings is 1. The highest BCUT2D eigenvalue weighted by molar-refractivity contribution is 7.80. The molecule has 1 fully saturated rings. The Hall–Kier alpha value is -2.10. The number of amides is 2. The molecule has 1 aromatic carbocycles. The van der Waals surface area contributed by atoms with Gasteiger partial charge in [-0.2, -0.15) is 0 Å². The van der Waals surface area contributed by atoms with E-state index in [4.69, 9.17) is 21.7 Å². The number of rotatable bonds is 6. The second kappa shape index (κ2) is 10.1. The summed E-state index contributed by atoms with van der Waals surface area (Å²) in [6.45, 7) is 4.16. The molecule has 0 aliphatic carbocycles. The molecule has 0 unspecified atom stereocenters. The Balaban J connectivity index is 2.07. The number of thiocarbonyl (C=S) groups is 1. The van der Waals surface area contributed by atoms with E-state index in [1.165, 1.54) is 4.90 Å². The van der Waals surface area contributed by atoms with Crippen LogP contribution in [0.5, 0.6) is 5.75 Å². The van der Waals surface area contributed by atoms with E-state index < -0.39 is 5.60 Å². The van der Waals surface area contributed by atoms with Gasteiger partial charge in [-0.15, -0.1) is 0 Å². The van der Waals surface area contributed by atoms with Crippen LogP contribution in [-0.2, 0) is 4.74 Å². The molecule has 1 saturated heterocycles. The molecule has 0 aromatic heterocycles. The lowest BCUT2D eigenvalue weighted by Gasteiger charge is -2.37. The Labute approximate surface area is 178 Å². The molecule has 8 nitrogen and oxygen atoms in total. The van der Waals surface area contributed by atoms with Crippen LogP contribution in [0.25, 0.3) is 0 Å². The normalized spacial score (nSPS) is 15.6. The number of carbonyl (C=O) groups is 1. The molecule has 29 heavy (non-hydrogen) atoms. The first-order valence-corrected chi connectivity index (χ1v) is 10.0. The van der Waals surface area contributed by atoms with Gasteiger partial charge in [-0.1, -0.05) is 0 Å². The Morgan fingerprint density at radius 1 is 1.31 bits per heavy atom. The average Bonchev–Trinajstić information content (AvgIpc) is 2.70. The molecule has 2 amide bonds. The standard InChI is InChI=1S/C20H32N4O4S/c1-20(26)8-10-24(11-9-20)19(25)23(3)18(29)21-16-14-15(6-7-17(16)28-5)22(2)12-13-27-4/h6-7,14,26H,8-13H2,1-5H3,(H,21,29). The molecule has 1 aliphatic rings. The van der Waals surface area contributed by atoms with Crippen molar-refractivity contribution in [3.05, 3.63) is 18.2 Å². The van der Waals surface area contributed by atoms with E-state index in [0.29, 0.717) is 44.0 Å². The first kappa shape index (κ1) is 23.2. The maximum Gasteiger partial charge on any atom is 0.325 e. The Morgan fingerprint density at radius 3 is 2.55 bits per heavy atom. The molecule has 0 spiro atoms. The first-order valence-electron chi connectivity index (χ1n) is 9.62. The quantitative estimate of drug-likeness (QED) is 0.679. The lowest BCUT2D eigenvalue weighted by atomic mass is 9.94.